The van der Waals surface area contributed by atoms with Crippen molar-refractivity contribution in [2.75, 3.05) is 12.3 Å². The molecule has 7 nitrogen and oxygen atoms in total. The van der Waals surface area contributed by atoms with Crippen LogP contribution < -0.4 is 5.73 Å². The van der Waals surface area contributed by atoms with E-state index in [1.54, 1.807) is 25.1 Å². The van der Waals surface area contributed by atoms with Crippen LogP contribution in [0.1, 0.15) is 17.4 Å². The first kappa shape index (κ1) is 16.0. The molecule has 2 heterocycles. The number of nitrogens with zero attached hydrogens (tertiary/aromatic N) is 4. The van der Waals surface area contributed by atoms with E-state index in [1.165, 1.54) is 10.6 Å². The Morgan fingerprint density at radius 1 is 1.46 bits per heavy atom. The first-order chi connectivity index (χ1) is 11.5. The van der Waals surface area contributed by atoms with Gasteiger partial charge in [0.2, 0.25) is 5.95 Å². The summed E-state index contributed by atoms with van der Waals surface area (Å²) in [5.41, 5.74) is 8.37. The van der Waals surface area contributed by atoms with Gasteiger partial charge in [-0.3, -0.25) is 4.40 Å². The Balaban J connectivity index is 2.19. The number of esters is 1. The maximum atomic E-state index is 11.9. The van der Waals surface area contributed by atoms with Crippen molar-refractivity contribution in [2.45, 2.75) is 6.92 Å². The third kappa shape index (κ3) is 2.70. The number of rotatable bonds is 3. The van der Waals surface area contributed by atoms with Crippen LogP contribution in [0.2, 0.25) is 0 Å². The van der Waals surface area contributed by atoms with Crippen LogP contribution >= 0.6 is 15.9 Å². The molecule has 0 amide bonds. The molecule has 24 heavy (non-hydrogen) atoms. The molecule has 2 aromatic heterocycles. The molecule has 3 aromatic rings. The number of anilines is 1. The summed E-state index contributed by atoms with van der Waals surface area (Å²) in [6, 6.07) is 7.02. The zero-order valence-electron chi connectivity index (χ0n) is 12.7. The van der Waals surface area contributed by atoms with Crippen molar-refractivity contribution in [1.29, 1.82) is 0 Å². The van der Waals surface area contributed by atoms with Gasteiger partial charge in [0.1, 0.15) is 0 Å². The van der Waals surface area contributed by atoms with Crippen molar-refractivity contribution >= 4 is 39.2 Å². The molecule has 3 rings (SSSR count). The summed E-state index contributed by atoms with van der Waals surface area (Å²) in [7, 11) is 0. The van der Waals surface area contributed by atoms with E-state index in [4.69, 9.17) is 17.0 Å². The predicted molar refractivity (Wildman–Crippen MR) is 92.8 cm³/mol. The van der Waals surface area contributed by atoms with Gasteiger partial charge in [-0.15, -0.1) is 0 Å². The lowest BCUT2D eigenvalue weighted by Gasteiger charge is -2.08. The average molecular weight is 386 g/mol. The summed E-state index contributed by atoms with van der Waals surface area (Å²) < 4.78 is 7.05. The fourth-order valence-electron chi connectivity index (χ4n) is 2.25. The molecular weight excluding hydrogens is 374 g/mol. The molecule has 0 fully saturated rings. The normalized spacial score (nSPS) is 10.5. The van der Waals surface area contributed by atoms with E-state index < -0.39 is 5.97 Å². The number of fused-ring (bicyclic) bond motifs is 1. The van der Waals surface area contributed by atoms with Crippen LogP contribution in [0.15, 0.2) is 34.9 Å². The van der Waals surface area contributed by atoms with Gasteiger partial charge in [-0.25, -0.2) is 19.6 Å². The Morgan fingerprint density at radius 2 is 2.25 bits per heavy atom. The van der Waals surface area contributed by atoms with Crippen molar-refractivity contribution in [3.8, 4) is 11.3 Å². The van der Waals surface area contributed by atoms with Gasteiger partial charge in [-0.05, 0) is 34.5 Å². The third-order valence-corrected chi connectivity index (χ3v) is 4.05. The summed E-state index contributed by atoms with van der Waals surface area (Å²) in [5.74, 6) is -0.344. The van der Waals surface area contributed by atoms with Crippen LogP contribution in [0.25, 0.3) is 21.7 Å². The summed E-state index contributed by atoms with van der Waals surface area (Å²) in [4.78, 5) is 23.9. The minimum Gasteiger partial charge on any atom is -0.461 e. The van der Waals surface area contributed by atoms with Gasteiger partial charge in [0, 0.05) is 6.20 Å². The number of aromatic nitrogens is 3. The minimum absolute atomic E-state index is 0.151. The second-order valence-electron chi connectivity index (χ2n) is 4.83. The van der Waals surface area contributed by atoms with Crippen molar-refractivity contribution in [3.05, 3.63) is 52.0 Å². The fraction of sp³-hybridized carbons (Fsp3) is 0.125. The second-order valence-corrected chi connectivity index (χ2v) is 5.63. The standard InChI is InChI=1S/C16H12BrN5O2/c1-3-24-15(23)11-8-22-14(20-11)12(17)13(21-16(22)18)9-5-4-6-10(7-9)19-2/h4-8H,3H2,1H3,(H2,18,21). The van der Waals surface area contributed by atoms with E-state index >= 15 is 0 Å². The van der Waals surface area contributed by atoms with Crippen molar-refractivity contribution in [3.63, 3.8) is 0 Å². The SMILES string of the molecule is [C-]#[N+]c1cccc(-c2nc(N)n3cc(C(=O)OCC)nc3c2Br)c1. The summed E-state index contributed by atoms with van der Waals surface area (Å²) in [6.07, 6.45) is 1.49. The predicted octanol–water partition coefficient (Wildman–Crippen LogP) is 3.47. The first-order valence-electron chi connectivity index (χ1n) is 7.04. The molecule has 1 aromatic carbocycles. The van der Waals surface area contributed by atoms with Gasteiger partial charge < -0.3 is 10.5 Å². The fourth-order valence-corrected chi connectivity index (χ4v) is 2.85. The molecule has 0 bridgehead atoms. The quantitative estimate of drug-likeness (QED) is 0.550. The number of imidazole rings is 1. The maximum absolute atomic E-state index is 11.9. The average Bonchev–Trinajstić information content (AvgIpc) is 3.05. The molecule has 0 atom stereocenters. The lowest BCUT2D eigenvalue weighted by Crippen LogP contribution is -2.04. The Kier molecular flexibility index (Phi) is 4.18. The maximum Gasteiger partial charge on any atom is 0.358 e. The molecule has 0 spiro atoms. The van der Waals surface area contributed by atoms with Gasteiger partial charge >= 0.3 is 5.97 Å². The lowest BCUT2D eigenvalue weighted by atomic mass is 10.1. The Labute approximate surface area is 146 Å². The van der Waals surface area contributed by atoms with E-state index in [1.807, 2.05) is 6.07 Å². The van der Waals surface area contributed by atoms with Crippen LogP contribution in [-0.4, -0.2) is 26.9 Å². The summed E-state index contributed by atoms with van der Waals surface area (Å²) >= 11 is 3.47. The number of hydrogen-bond acceptors (Lipinski definition) is 5. The summed E-state index contributed by atoms with van der Waals surface area (Å²) in [5, 5.41) is 0. The van der Waals surface area contributed by atoms with E-state index in [0.717, 1.165) is 5.56 Å². The van der Waals surface area contributed by atoms with E-state index in [9.17, 15) is 4.79 Å². The van der Waals surface area contributed by atoms with Crippen LogP contribution in [-0.2, 0) is 4.74 Å². The number of carbonyl (C=O) groups is 1. The number of carbonyl (C=O) groups excluding carboxylic acids is 1. The number of halogens is 1. The van der Waals surface area contributed by atoms with Gasteiger partial charge in [0.25, 0.3) is 0 Å². The lowest BCUT2D eigenvalue weighted by molar-refractivity contribution is 0.0520. The largest absolute Gasteiger partial charge is 0.461 e. The zero-order chi connectivity index (χ0) is 17.3. The Hall–Kier alpha value is -2.92. The highest BCUT2D eigenvalue weighted by molar-refractivity contribution is 9.10. The number of nitrogen functional groups attached to an aromatic ring is 1. The van der Waals surface area contributed by atoms with Gasteiger partial charge in [0.15, 0.2) is 17.0 Å². The molecule has 0 aliphatic carbocycles. The Bertz CT molecular complexity index is 990. The number of nitrogens with two attached hydrogens (primary N) is 1. The molecule has 0 unspecified atom stereocenters. The van der Waals surface area contributed by atoms with Gasteiger partial charge in [-0.1, -0.05) is 18.2 Å². The zero-order valence-corrected chi connectivity index (χ0v) is 14.2. The van der Waals surface area contributed by atoms with E-state index in [-0.39, 0.29) is 18.2 Å². The van der Waals surface area contributed by atoms with Crippen LogP contribution in [0.3, 0.4) is 0 Å². The highest BCUT2D eigenvalue weighted by Crippen LogP contribution is 2.33. The smallest absolute Gasteiger partial charge is 0.358 e. The topological polar surface area (TPSA) is 86.9 Å². The van der Waals surface area contributed by atoms with Crippen LogP contribution in [0.5, 0.6) is 0 Å². The van der Waals surface area contributed by atoms with E-state index in [2.05, 4.69) is 30.7 Å². The van der Waals surface area contributed by atoms with Crippen LogP contribution in [0.4, 0.5) is 11.6 Å². The molecule has 0 saturated carbocycles. The second kappa shape index (κ2) is 6.29. The number of benzene rings is 1. The monoisotopic (exact) mass is 385 g/mol. The molecule has 0 aliphatic heterocycles. The molecule has 0 saturated heterocycles. The minimum atomic E-state index is -0.524. The summed E-state index contributed by atoms with van der Waals surface area (Å²) in [6.45, 7) is 9.10. The van der Waals surface area contributed by atoms with Gasteiger partial charge in [-0.2, -0.15) is 0 Å². The van der Waals surface area contributed by atoms with Crippen molar-refractivity contribution in [1.82, 2.24) is 14.4 Å². The van der Waals surface area contributed by atoms with Crippen LogP contribution in [0, 0.1) is 6.57 Å². The number of ether oxygens (including phenoxy) is 1. The molecule has 2 N–H and O–H groups in total. The van der Waals surface area contributed by atoms with Gasteiger partial charge in [0.05, 0.1) is 23.3 Å². The van der Waals surface area contributed by atoms with E-state index in [0.29, 0.717) is 21.5 Å². The molecule has 0 aliphatic rings. The Morgan fingerprint density at radius 3 is 2.96 bits per heavy atom. The molecule has 0 radical (unpaired) electrons. The molecule has 8 heteroatoms. The first-order valence-corrected chi connectivity index (χ1v) is 7.83. The third-order valence-electron chi connectivity index (χ3n) is 3.32. The van der Waals surface area contributed by atoms with Crippen molar-refractivity contribution < 1.29 is 9.53 Å². The number of hydrogen-bond donors (Lipinski definition) is 1. The molecular formula is C16H12BrN5O2. The highest BCUT2D eigenvalue weighted by atomic mass is 79.9. The highest BCUT2D eigenvalue weighted by Gasteiger charge is 2.18. The molecule has 120 valence electrons. The van der Waals surface area contributed by atoms with Crippen molar-refractivity contribution in [2.24, 2.45) is 0 Å².